The molecule has 148 valence electrons. The Morgan fingerprint density at radius 3 is 2.23 bits per heavy atom. The van der Waals surface area contributed by atoms with E-state index in [0.717, 1.165) is 22.5 Å². The predicted octanol–water partition coefficient (Wildman–Crippen LogP) is 5.29. The Morgan fingerprint density at radius 2 is 1.57 bits per heavy atom. The van der Waals surface area contributed by atoms with Gasteiger partial charge in [-0.1, -0.05) is 41.9 Å². The van der Waals surface area contributed by atoms with Crippen molar-refractivity contribution in [1.82, 2.24) is 9.78 Å². The Labute approximate surface area is 178 Å². The number of para-hydroxylation sites is 1. The first-order valence-corrected chi connectivity index (χ1v) is 9.95. The number of carbonyl (C=O) groups is 1. The summed E-state index contributed by atoms with van der Waals surface area (Å²) in [6.07, 6.45) is 0. The second-order valence-electron chi connectivity index (χ2n) is 7.24. The number of hydrogen-bond acceptors (Lipinski definition) is 3. The van der Waals surface area contributed by atoms with Crippen LogP contribution in [-0.2, 0) is 0 Å². The molecular formula is C24H18ClN3O2. The van der Waals surface area contributed by atoms with Crippen molar-refractivity contribution in [3.8, 4) is 11.4 Å². The first-order valence-electron chi connectivity index (χ1n) is 9.57. The van der Waals surface area contributed by atoms with Crippen molar-refractivity contribution in [3.05, 3.63) is 106 Å². The maximum Gasteiger partial charge on any atom is 0.278 e. The SMILES string of the molecule is Cc1nn(-c2ccccc2)c2c1C(c1ccc(Cl)cc1)N(c1ccc(O)cc1)C2=O. The lowest BCUT2D eigenvalue weighted by molar-refractivity contribution is 0.0986. The van der Waals surface area contributed by atoms with Crippen LogP contribution in [0.25, 0.3) is 5.69 Å². The second kappa shape index (κ2) is 7.04. The number of halogens is 1. The first kappa shape index (κ1) is 18.5. The number of aromatic hydroxyl groups is 1. The molecule has 1 aliphatic heterocycles. The van der Waals surface area contributed by atoms with Crippen LogP contribution in [0.5, 0.6) is 5.75 Å². The number of nitrogens with zero attached hydrogens (tertiary/aromatic N) is 3. The van der Waals surface area contributed by atoms with Gasteiger partial charge in [-0.25, -0.2) is 4.68 Å². The fourth-order valence-electron chi connectivity index (χ4n) is 4.03. The largest absolute Gasteiger partial charge is 0.508 e. The van der Waals surface area contributed by atoms with E-state index in [-0.39, 0.29) is 17.7 Å². The highest BCUT2D eigenvalue weighted by atomic mass is 35.5. The Bertz CT molecular complexity index is 1230. The molecule has 1 atom stereocenters. The highest BCUT2D eigenvalue weighted by Crippen LogP contribution is 2.44. The van der Waals surface area contributed by atoms with E-state index in [4.69, 9.17) is 16.7 Å². The fraction of sp³-hybridized carbons (Fsp3) is 0.0833. The molecule has 1 amide bonds. The van der Waals surface area contributed by atoms with Gasteiger partial charge in [0.1, 0.15) is 11.4 Å². The predicted molar refractivity (Wildman–Crippen MR) is 117 cm³/mol. The van der Waals surface area contributed by atoms with Gasteiger partial charge in [0, 0.05) is 16.3 Å². The Kier molecular flexibility index (Phi) is 4.33. The van der Waals surface area contributed by atoms with E-state index in [1.54, 1.807) is 33.8 Å². The number of benzene rings is 3. The molecule has 0 spiro atoms. The van der Waals surface area contributed by atoms with Gasteiger partial charge in [0.05, 0.1) is 17.4 Å². The third-order valence-corrected chi connectivity index (χ3v) is 5.63. The van der Waals surface area contributed by atoms with E-state index < -0.39 is 0 Å². The number of fused-ring (bicyclic) bond motifs is 1. The number of aromatic nitrogens is 2. The average molecular weight is 416 g/mol. The van der Waals surface area contributed by atoms with Gasteiger partial charge in [-0.05, 0) is 61.0 Å². The Balaban J connectivity index is 1.74. The van der Waals surface area contributed by atoms with Crippen molar-refractivity contribution >= 4 is 23.2 Å². The normalized spacial score (nSPS) is 15.5. The summed E-state index contributed by atoms with van der Waals surface area (Å²) in [6.45, 7) is 1.93. The number of amides is 1. The molecule has 1 N–H and O–H groups in total. The van der Waals surface area contributed by atoms with Crippen molar-refractivity contribution in [2.24, 2.45) is 0 Å². The highest BCUT2D eigenvalue weighted by molar-refractivity contribution is 6.30. The number of phenols is 1. The molecule has 3 aromatic carbocycles. The van der Waals surface area contributed by atoms with Crippen LogP contribution in [0, 0.1) is 6.92 Å². The lowest BCUT2D eigenvalue weighted by Crippen LogP contribution is -2.30. The molecule has 0 bridgehead atoms. The van der Waals surface area contributed by atoms with Crippen molar-refractivity contribution in [3.63, 3.8) is 0 Å². The zero-order chi connectivity index (χ0) is 20.8. The van der Waals surface area contributed by atoms with Crippen LogP contribution in [-0.4, -0.2) is 20.8 Å². The molecule has 0 saturated heterocycles. The molecule has 0 aliphatic carbocycles. The van der Waals surface area contributed by atoms with Crippen molar-refractivity contribution < 1.29 is 9.90 Å². The summed E-state index contributed by atoms with van der Waals surface area (Å²) in [6, 6.07) is 23.5. The van der Waals surface area contributed by atoms with Gasteiger partial charge in [-0.3, -0.25) is 9.69 Å². The summed E-state index contributed by atoms with van der Waals surface area (Å²) < 4.78 is 1.72. The third-order valence-electron chi connectivity index (χ3n) is 5.37. The molecule has 6 heteroatoms. The van der Waals surface area contributed by atoms with Gasteiger partial charge in [-0.15, -0.1) is 0 Å². The Hall–Kier alpha value is -3.57. The lowest BCUT2D eigenvalue weighted by atomic mass is 9.99. The molecule has 0 fully saturated rings. The fourth-order valence-corrected chi connectivity index (χ4v) is 4.16. The average Bonchev–Trinajstić information content (AvgIpc) is 3.26. The van der Waals surface area contributed by atoms with E-state index in [1.165, 1.54) is 0 Å². The minimum atomic E-state index is -0.341. The topological polar surface area (TPSA) is 58.4 Å². The summed E-state index contributed by atoms with van der Waals surface area (Å²) in [5, 5.41) is 15.0. The minimum absolute atomic E-state index is 0.139. The summed E-state index contributed by atoms with van der Waals surface area (Å²) in [5.74, 6) is 0.0117. The standard InChI is InChI=1S/C24H18ClN3O2/c1-15-21-22(16-7-9-17(25)10-8-16)27(18-11-13-20(29)14-12-18)24(30)23(21)28(26-15)19-5-3-2-4-6-19/h2-14,22,29H,1H3. The van der Waals surface area contributed by atoms with Crippen LogP contribution < -0.4 is 4.90 Å². The smallest absolute Gasteiger partial charge is 0.278 e. The molecule has 5 rings (SSSR count). The van der Waals surface area contributed by atoms with Gasteiger partial charge in [0.25, 0.3) is 5.91 Å². The van der Waals surface area contributed by atoms with Crippen LogP contribution in [0.1, 0.15) is 33.4 Å². The second-order valence-corrected chi connectivity index (χ2v) is 7.68. The number of anilines is 1. The zero-order valence-corrected chi connectivity index (χ0v) is 16.9. The van der Waals surface area contributed by atoms with Crippen molar-refractivity contribution in [2.75, 3.05) is 4.90 Å². The summed E-state index contributed by atoms with van der Waals surface area (Å²) >= 11 is 6.11. The van der Waals surface area contributed by atoms with Gasteiger partial charge < -0.3 is 5.11 Å². The first-order chi connectivity index (χ1) is 14.5. The molecule has 1 unspecified atom stereocenters. The van der Waals surface area contributed by atoms with Crippen LogP contribution in [0.3, 0.4) is 0 Å². The molecule has 1 aliphatic rings. The number of rotatable bonds is 3. The van der Waals surface area contributed by atoms with Crippen LogP contribution in [0.4, 0.5) is 5.69 Å². The number of hydrogen-bond donors (Lipinski definition) is 1. The van der Waals surface area contributed by atoms with Crippen LogP contribution in [0.15, 0.2) is 78.9 Å². The molecule has 30 heavy (non-hydrogen) atoms. The number of carbonyl (C=O) groups excluding carboxylic acids is 1. The highest BCUT2D eigenvalue weighted by Gasteiger charge is 2.43. The number of aryl methyl sites for hydroxylation is 1. The minimum Gasteiger partial charge on any atom is -0.508 e. The van der Waals surface area contributed by atoms with E-state index in [2.05, 4.69) is 0 Å². The summed E-state index contributed by atoms with van der Waals surface area (Å²) in [7, 11) is 0. The van der Waals surface area contributed by atoms with Crippen LogP contribution in [0.2, 0.25) is 5.02 Å². The third kappa shape index (κ3) is 2.86. The molecule has 5 nitrogen and oxygen atoms in total. The van der Waals surface area contributed by atoms with E-state index >= 15 is 0 Å². The van der Waals surface area contributed by atoms with Crippen molar-refractivity contribution in [2.45, 2.75) is 13.0 Å². The number of phenolic OH excluding ortho intramolecular Hbond substituents is 1. The molecular weight excluding hydrogens is 398 g/mol. The molecule has 0 saturated carbocycles. The summed E-state index contributed by atoms with van der Waals surface area (Å²) in [4.78, 5) is 15.5. The van der Waals surface area contributed by atoms with Crippen molar-refractivity contribution in [1.29, 1.82) is 0 Å². The maximum atomic E-state index is 13.7. The summed E-state index contributed by atoms with van der Waals surface area (Å²) in [5.41, 5.74) is 4.69. The molecule has 0 radical (unpaired) electrons. The molecule has 2 heterocycles. The van der Waals surface area contributed by atoms with Gasteiger partial charge >= 0.3 is 0 Å². The Morgan fingerprint density at radius 1 is 0.900 bits per heavy atom. The lowest BCUT2D eigenvalue weighted by Gasteiger charge is -2.26. The molecule has 4 aromatic rings. The van der Waals surface area contributed by atoms with Gasteiger partial charge in [-0.2, -0.15) is 5.10 Å². The maximum absolute atomic E-state index is 13.7. The van der Waals surface area contributed by atoms with E-state index in [1.807, 2.05) is 61.5 Å². The quantitative estimate of drug-likeness (QED) is 0.494. The van der Waals surface area contributed by atoms with E-state index in [0.29, 0.717) is 16.4 Å². The van der Waals surface area contributed by atoms with E-state index in [9.17, 15) is 9.90 Å². The monoisotopic (exact) mass is 415 g/mol. The van der Waals surface area contributed by atoms with Gasteiger partial charge in [0.2, 0.25) is 0 Å². The zero-order valence-electron chi connectivity index (χ0n) is 16.2. The van der Waals surface area contributed by atoms with Gasteiger partial charge in [0.15, 0.2) is 0 Å². The van der Waals surface area contributed by atoms with Crippen LogP contribution >= 0.6 is 11.6 Å². The molecule has 1 aromatic heterocycles.